The van der Waals surface area contributed by atoms with Gasteiger partial charge in [-0.15, -0.1) is 0 Å². The van der Waals surface area contributed by atoms with Crippen LogP contribution in [0.4, 0.5) is 13.2 Å². The summed E-state index contributed by atoms with van der Waals surface area (Å²) in [5.74, 6) is 0.352. The zero-order valence-electron chi connectivity index (χ0n) is 10.1. The van der Waals surface area contributed by atoms with Crippen molar-refractivity contribution in [3.05, 3.63) is 41.7 Å². The molecule has 0 aliphatic carbocycles. The summed E-state index contributed by atoms with van der Waals surface area (Å²) in [6.45, 7) is 4.17. The van der Waals surface area contributed by atoms with Gasteiger partial charge in [0.05, 0.1) is 0 Å². The van der Waals surface area contributed by atoms with Crippen LogP contribution in [0.15, 0.2) is 30.5 Å². The summed E-state index contributed by atoms with van der Waals surface area (Å²) in [4.78, 5) is 3.69. The lowest BCUT2D eigenvalue weighted by atomic mass is 10.1. The van der Waals surface area contributed by atoms with E-state index in [-0.39, 0.29) is 0 Å². The number of rotatable bonds is 2. The Labute approximate surface area is 103 Å². The third-order valence-corrected chi connectivity index (χ3v) is 2.72. The minimum atomic E-state index is -4.40. The van der Waals surface area contributed by atoms with Gasteiger partial charge in [-0.3, -0.25) is 0 Å². The summed E-state index contributed by atoms with van der Waals surface area (Å²) >= 11 is 0. The summed E-state index contributed by atoms with van der Waals surface area (Å²) in [5, 5.41) is 0. The standard InChI is InChI=1S/C13H13F3N2/c1-3-18-8-11(13(14,15)16)17-12(18)10-6-4-9(2)5-7-10/h4-8H,3H2,1-2H3. The van der Waals surface area contributed by atoms with E-state index in [1.807, 2.05) is 19.1 Å². The fourth-order valence-corrected chi connectivity index (χ4v) is 1.73. The van der Waals surface area contributed by atoms with Crippen LogP contribution in [0.1, 0.15) is 18.2 Å². The molecule has 96 valence electrons. The molecule has 0 saturated carbocycles. The summed E-state index contributed by atoms with van der Waals surface area (Å²) in [7, 11) is 0. The van der Waals surface area contributed by atoms with Crippen molar-refractivity contribution in [2.24, 2.45) is 0 Å². The largest absolute Gasteiger partial charge is 0.434 e. The van der Waals surface area contributed by atoms with E-state index in [0.29, 0.717) is 17.9 Å². The van der Waals surface area contributed by atoms with Gasteiger partial charge in [0, 0.05) is 18.3 Å². The number of nitrogens with zero attached hydrogens (tertiary/aromatic N) is 2. The lowest BCUT2D eigenvalue weighted by Crippen LogP contribution is -2.05. The summed E-state index contributed by atoms with van der Waals surface area (Å²) in [6.07, 6.45) is -3.35. The number of hydrogen-bond acceptors (Lipinski definition) is 1. The first-order valence-corrected chi connectivity index (χ1v) is 5.63. The Balaban J connectivity index is 2.50. The maximum atomic E-state index is 12.6. The molecule has 18 heavy (non-hydrogen) atoms. The van der Waals surface area contributed by atoms with Gasteiger partial charge < -0.3 is 4.57 Å². The zero-order chi connectivity index (χ0) is 13.3. The molecule has 1 aromatic heterocycles. The van der Waals surface area contributed by atoms with Gasteiger partial charge in [0.15, 0.2) is 5.69 Å². The summed E-state index contributed by atoms with van der Waals surface area (Å²) < 4.78 is 39.4. The van der Waals surface area contributed by atoms with Crippen molar-refractivity contribution >= 4 is 0 Å². The van der Waals surface area contributed by atoms with Crippen molar-refractivity contribution in [2.45, 2.75) is 26.6 Å². The Morgan fingerprint density at radius 1 is 1.17 bits per heavy atom. The van der Waals surface area contributed by atoms with Crippen molar-refractivity contribution in [1.82, 2.24) is 9.55 Å². The Morgan fingerprint density at radius 3 is 2.28 bits per heavy atom. The highest BCUT2D eigenvalue weighted by molar-refractivity contribution is 5.56. The second-order valence-corrected chi connectivity index (χ2v) is 4.10. The molecule has 0 radical (unpaired) electrons. The molecule has 2 aromatic rings. The normalized spacial score (nSPS) is 11.8. The third-order valence-electron chi connectivity index (χ3n) is 2.72. The van der Waals surface area contributed by atoms with Gasteiger partial charge in [-0.1, -0.05) is 29.8 Å². The first kappa shape index (κ1) is 12.7. The van der Waals surface area contributed by atoms with Gasteiger partial charge in [-0.2, -0.15) is 13.2 Å². The van der Waals surface area contributed by atoms with Crippen molar-refractivity contribution in [3.63, 3.8) is 0 Å². The maximum absolute atomic E-state index is 12.6. The molecule has 0 spiro atoms. The van der Waals surface area contributed by atoms with Crippen LogP contribution >= 0.6 is 0 Å². The molecule has 1 heterocycles. The van der Waals surface area contributed by atoms with Crippen molar-refractivity contribution in [1.29, 1.82) is 0 Å². The average Bonchev–Trinajstić information content (AvgIpc) is 2.73. The fourth-order valence-electron chi connectivity index (χ4n) is 1.73. The number of hydrogen-bond donors (Lipinski definition) is 0. The van der Waals surface area contributed by atoms with Crippen LogP contribution in [0.25, 0.3) is 11.4 Å². The third kappa shape index (κ3) is 2.39. The van der Waals surface area contributed by atoms with Crippen LogP contribution in [0.2, 0.25) is 0 Å². The quantitative estimate of drug-likeness (QED) is 0.794. The number of alkyl halides is 3. The summed E-state index contributed by atoms with van der Waals surface area (Å²) in [5.41, 5.74) is 0.905. The molecule has 0 unspecified atom stereocenters. The highest BCUT2D eigenvalue weighted by atomic mass is 19.4. The minimum absolute atomic E-state index is 0.352. The van der Waals surface area contributed by atoms with E-state index in [9.17, 15) is 13.2 Å². The van der Waals surface area contributed by atoms with E-state index in [1.165, 1.54) is 4.57 Å². The molecular formula is C13H13F3N2. The second kappa shape index (κ2) is 4.48. The van der Waals surface area contributed by atoms with Crippen LogP contribution in [0.3, 0.4) is 0 Å². The van der Waals surface area contributed by atoms with Crippen LogP contribution in [-0.4, -0.2) is 9.55 Å². The van der Waals surface area contributed by atoms with E-state index in [1.54, 1.807) is 19.1 Å². The van der Waals surface area contributed by atoms with Crippen LogP contribution in [0.5, 0.6) is 0 Å². The lowest BCUT2D eigenvalue weighted by molar-refractivity contribution is -0.140. The first-order chi connectivity index (χ1) is 8.41. The van der Waals surface area contributed by atoms with Gasteiger partial charge in [0.25, 0.3) is 0 Å². The zero-order valence-corrected chi connectivity index (χ0v) is 10.1. The second-order valence-electron chi connectivity index (χ2n) is 4.10. The Morgan fingerprint density at radius 2 is 1.78 bits per heavy atom. The monoisotopic (exact) mass is 254 g/mol. The Hall–Kier alpha value is -1.78. The molecule has 2 rings (SSSR count). The van der Waals surface area contributed by atoms with Crippen molar-refractivity contribution < 1.29 is 13.2 Å². The molecule has 0 saturated heterocycles. The smallest absolute Gasteiger partial charge is 0.331 e. The number of imidazole rings is 1. The number of halogens is 3. The van der Waals surface area contributed by atoms with E-state index in [2.05, 4.69) is 4.98 Å². The van der Waals surface area contributed by atoms with Gasteiger partial charge >= 0.3 is 6.18 Å². The predicted octanol–water partition coefficient (Wildman–Crippen LogP) is 3.90. The van der Waals surface area contributed by atoms with Crippen molar-refractivity contribution in [2.75, 3.05) is 0 Å². The molecule has 0 aliphatic rings. The first-order valence-electron chi connectivity index (χ1n) is 5.63. The average molecular weight is 254 g/mol. The molecule has 1 aromatic carbocycles. The van der Waals surface area contributed by atoms with Crippen molar-refractivity contribution in [3.8, 4) is 11.4 Å². The molecule has 0 aliphatic heterocycles. The number of aryl methyl sites for hydroxylation is 2. The molecule has 5 heteroatoms. The maximum Gasteiger partial charge on any atom is 0.434 e. The molecule has 2 nitrogen and oxygen atoms in total. The highest BCUT2D eigenvalue weighted by Crippen LogP contribution is 2.31. The van der Waals surface area contributed by atoms with Gasteiger partial charge in [0.2, 0.25) is 0 Å². The Kier molecular flexibility index (Phi) is 3.15. The SMILES string of the molecule is CCn1cc(C(F)(F)F)nc1-c1ccc(C)cc1. The van der Waals surface area contributed by atoms with Crippen LogP contribution < -0.4 is 0 Å². The minimum Gasteiger partial charge on any atom is -0.331 e. The van der Waals surface area contributed by atoms with Gasteiger partial charge in [-0.05, 0) is 13.8 Å². The highest BCUT2D eigenvalue weighted by Gasteiger charge is 2.34. The van der Waals surface area contributed by atoms with E-state index >= 15 is 0 Å². The van der Waals surface area contributed by atoms with E-state index < -0.39 is 11.9 Å². The molecule has 0 N–H and O–H groups in total. The number of benzene rings is 1. The summed E-state index contributed by atoms with van der Waals surface area (Å²) in [6, 6.07) is 7.28. The van der Waals surface area contributed by atoms with Gasteiger partial charge in [-0.25, -0.2) is 4.98 Å². The van der Waals surface area contributed by atoms with E-state index in [4.69, 9.17) is 0 Å². The molecule has 0 atom stereocenters. The van der Waals surface area contributed by atoms with Crippen LogP contribution in [0, 0.1) is 6.92 Å². The molecule has 0 bridgehead atoms. The Bertz CT molecular complexity index is 538. The van der Waals surface area contributed by atoms with E-state index in [0.717, 1.165) is 11.8 Å². The predicted molar refractivity (Wildman–Crippen MR) is 63.1 cm³/mol. The topological polar surface area (TPSA) is 17.8 Å². The fraction of sp³-hybridized carbons (Fsp3) is 0.308. The van der Waals surface area contributed by atoms with Gasteiger partial charge in [0.1, 0.15) is 5.82 Å². The molecule has 0 fully saturated rings. The van der Waals surface area contributed by atoms with Crippen LogP contribution in [-0.2, 0) is 12.7 Å². The lowest BCUT2D eigenvalue weighted by Gasteiger charge is -2.04. The number of aromatic nitrogens is 2. The molecular weight excluding hydrogens is 241 g/mol. The molecule has 0 amide bonds.